The van der Waals surface area contributed by atoms with Crippen molar-refractivity contribution in [2.24, 2.45) is 0 Å². The van der Waals surface area contributed by atoms with E-state index in [1.807, 2.05) is 6.07 Å². The highest BCUT2D eigenvalue weighted by atomic mass is 16.5. The Morgan fingerprint density at radius 3 is 2.56 bits per heavy atom. The van der Waals surface area contributed by atoms with Crippen molar-refractivity contribution in [3.8, 4) is 11.5 Å². The lowest BCUT2D eigenvalue weighted by Gasteiger charge is -2.07. The zero-order valence-corrected chi connectivity index (χ0v) is 8.38. The zero-order valence-electron chi connectivity index (χ0n) is 8.38. The molecule has 0 bridgehead atoms. The quantitative estimate of drug-likeness (QED) is 0.852. The number of carboxylic acid groups (broad SMARTS) is 1. The number of hydrogen-bond acceptors (Lipinski definition) is 2. The minimum atomic E-state index is -1.01. The van der Waals surface area contributed by atoms with Crippen molar-refractivity contribution in [1.29, 1.82) is 0 Å². The van der Waals surface area contributed by atoms with Crippen LogP contribution < -0.4 is 4.74 Å². The molecule has 0 amide bonds. The highest BCUT2D eigenvalue weighted by Crippen LogP contribution is 2.24. The summed E-state index contributed by atoms with van der Waals surface area (Å²) in [5.74, 6) is -0.194. The number of benzene rings is 2. The first kappa shape index (κ1) is 10.2. The van der Waals surface area contributed by atoms with Crippen molar-refractivity contribution in [1.82, 2.24) is 0 Å². The van der Waals surface area contributed by atoms with Gasteiger partial charge in [0.15, 0.2) is 0 Å². The Morgan fingerprint density at radius 2 is 1.88 bits per heavy atom. The molecule has 0 aliphatic heterocycles. The van der Waals surface area contributed by atoms with E-state index in [1.54, 1.807) is 36.4 Å². The van der Waals surface area contributed by atoms with Gasteiger partial charge in [0, 0.05) is 6.07 Å². The van der Waals surface area contributed by atoms with Gasteiger partial charge in [-0.3, -0.25) is 0 Å². The van der Waals surface area contributed by atoms with Gasteiger partial charge >= 0.3 is 5.97 Å². The Kier molecular flexibility index (Phi) is 2.87. The third-order valence-electron chi connectivity index (χ3n) is 2.02. The highest BCUT2D eigenvalue weighted by molar-refractivity contribution is 5.90. The van der Waals surface area contributed by atoms with Gasteiger partial charge in [0.05, 0.1) is 0 Å². The molecule has 0 fully saturated rings. The maximum Gasteiger partial charge on any atom is 0.339 e. The van der Waals surface area contributed by atoms with Crippen LogP contribution in [0.1, 0.15) is 10.4 Å². The molecule has 0 saturated carbocycles. The summed E-state index contributed by atoms with van der Waals surface area (Å²) in [5.41, 5.74) is 0.139. The van der Waals surface area contributed by atoms with E-state index >= 15 is 0 Å². The van der Waals surface area contributed by atoms with Gasteiger partial charge in [-0.1, -0.05) is 30.3 Å². The number of ether oxygens (including phenoxy) is 1. The molecule has 0 unspecified atom stereocenters. The minimum absolute atomic E-state index is 0.139. The number of para-hydroxylation sites is 2. The normalized spacial score (nSPS) is 9.75. The molecule has 3 nitrogen and oxygen atoms in total. The molecule has 0 atom stereocenters. The lowest BCUT2D eigenvalue weighted by Crippen LogP contribution is -1.99. The van der Waals surface area contributed by atoms with Crippen LogP contribution in [0.2, 0.25) is 0 Å². The average molecular weight is 213 g/mol. The summed E-state index contributed by atoms with van der Waals surface area (Å²) in [6.45, 7) is 0. The van der Waals surface area contributed by atoms with Crippen LogP contribution in [-0.2, 0) is 0 Å². The van der Waals surface area contributed by atoms with Crippen molar-refractivity contribution in [2.75, 3.05) is 0 Å². The molecule has 2 rings (SSSR count). The van der Waals surface area contributed by atoms with Gasteiger partial charge in [0.2, 0.25) is 0 Å². The van der Waals surface area contributed by atoms with E-state index in [0.29, 0.717) is 11.5 Å². The fourth-order valence-corrected chi connectivity index (χ4v) is 1.29. The first-order valence-electron chi connectivity index (χ1n) is 4.74. The number of rotatable bonds is 3. The largest absolute Gasteiger partial charge is 0.478 e. The molecule has 2 aromatic rings. The van der Waals surface area contributed by atoms with Crippen molar-refractivity contribution < 1.29 is 14.6 Å². The van der Waals surface area contributed by atoms with Gasteiger partial charge in [0.25, 0.3) is 0 Å². The molecule has 1 radical (unpaired) electrons. The molecule has 0 saturated heterocycles. The maximum atomic E-state index is 10.9. The molecule has 0 aliphatic carbocycles. The first-order chi connectivity index (χ1) is 7.77. The highest BCUT2D eigenvalue weighted by Gasteiger charge is 2.10. The molecule has 0 aliphatic rings. The molecule has 16 heavy (non-hydrogen) atoms. The summed E-state index contributed by atoms with van der Waals surface area (Å²) in [4.78, 5) is 10.9. The van der Waals surface area contributed by atoms with Crippen LogP contribution in [0.25, 0.3) is 0 Å². The Labute approximate surface area is 92.9 Å². The minimum Gasteiger partial charge on any atom is -0.478 e. The van der Waals surface area contributed by atoms with Crippen molar-refractivity contribution in [3.05, 3.63) is 60.2 Å². The van der Waals surface area contributed by atoms with E-state index in [2.05, 4.69) is 6.07 Å². The van der Waals surface area contributed by atoms with Crippen LogP contribution in [0.15, 0.2) is 48.5 Å². The monoisotopic (exact) mass is 213 g/mol. The molecule has 0 spiro atoms. The number of aromatic carboxylic acids is 1. The van der Waals surface area contributed by atoms with E-state index in [4.69, 9.17) is 9.84 Å². The average Bonchev–Trinajstić information content (AvgIpc) is 2.31. The number of hydrogen-bond donors (Lipinski definition) is 1. The summed E-state index contributed by atoms with van der Waals surface area (Å²) in [7, 11) is 0. The van der Waals surface area contributed by atoms with Gasteiger partial charge < -0.3 is 9.84 Å². The fourth-order valence-electron chi connectivity index (χ4n) is 1.29. The van der Waals surface area contributed by atoms with Crippen LogP contribution in [0.3, 0.4) is 0 Å². The summed E-state index contributed by atoms with van der Waals surface area (Å²) >= 11 is 0. The number of carboxylic acids is 1. The molecule has 3 heteroatoms. The second-order valence-corrected chi connectivity index (χ2v) is 3.13. The maximum absolute atomic E-state index is 10.9. The topological polar surface area (TPSA) is 46.5 Å². The number of carbonyl (C=O) groups is 1. The summed E-state index contributed by atoms with van der Waals surface area (Å²) in [6.07, 6.45) is 0. The standard InChI is InChI=1S/C13H9O3/c14-13(15)11-8-4-5-9-12(11)16-10-6-2-1-3-7-10/h1-6,8-9H,(H,14,15). The smallest absolute Gasteiger partial charge is 0.339 e. The Morgan fingerprint density at radius 1 is 1.12 bits per heavy atom. The molecular weight excluding hydrogens is 204 g/mol. The molecule has 79 valence electrons. The van der Waals surface area contributed by atoms with Gasteiger partial charge in [0.1, 0.15) is 17.1 Å². The Balaban J connectivity index is 2.31. The summed E-state index contributed by atoms with van der Waals surface area (Å²) in [6, 6.07) is 16.4. The molecular formula is C13H9O3. The van der Waals surface area contributed by atoms with Gasteiger partial charge in [-0.2, -0.15) is 0 Å². The van der Waals surface area contributed by atoms with Gasteiger partial charge in [-0.15, -0.1) is 0 Å². The van der Waals surface area contributed by atoms with Crippen LogP contribution >= 0.6 is 0 Å². The fraction of sp³-hybridized carbons (Fsp3) is 0. The Bertz CT molecular complexity index is 492. The zero-order chi connectivity index (χ0) is 11.4. The Hall–Kier alpha value is -2.29. The van der Waals surface area contributed by atoms with Gasteiger partial charge in [-0.25, -0.2) is 4.79 Å². The molecule has 0 heterocycles. The lowest BCUT2D eigenvalue weighted by atomic mass is 10.2. The van der Waals surface area contributed by atoms with E-state index in [-0.39, 0.29) is 5.56 Å². The first-order valence-corrected chi connectivity index (χ1v) is 4.74. The third-order valence-corrected chi connectivity index (χ3v) is 2.02. The predicted octanol–water partition coefficient (Wildman–Crippen LogP) is 2.98. The SMILES string of the molecule is O=C(O)c1ccccc1Oc1[c]cccc1. The predicted molar refractivity (Wildman–Crippen MR) is 58.8 cm³/mol. The third kappa shape index (κ3) is 2.20. The molecule has 2 aromatic carbocycles. The molecule has 0 aromatic heterocycles. The van der Waals surface area contributed by atoms with Crippen LogP contribution in [-0.4, -0.2) is 11.1 Å². The van der Waals surface area contributed by atoms with E-state index in [9.17, 15) is 4.79 Å². The lowest BCUT2D eigenvalue weighted by molar-refractivity contribution is 0.0694. The summed E-state index contributed by atoms with van der Waals surface area (Å²) in [5, 5.41) is 8.95. The van der Waals surface area contributed by atoms with Crippen LogP contribution in [0, 0.1) is 6.07 Å². The second kappa shape index (κ2) is 4.49. The second-order valence-electron chi connectivity index (χ2n) is 3.13. The van der Waals surface area contributed by atoms with Crippen molar-refractivity contribution in [3.63, 3.8) is 0 Å². The molecule has 1 N–H and O–H groups in total. The van der Waals surface area contributed by atoms with E-state index < -0.39 is 5.97 Å². The van der Waals surface area contributed by atoms with Gasteiger partial charge in [-0.05, 0) is 18.2 Å². The van der Waals surface area contributed by atoms with Crippen molar-refractivity contribution >= 4 is 5.97 Å². The summed E-state index contributed by atoms with van der Waals surface area (Å²) < 4.78 is 5.43. The van der Waals surface area contributed by atoms with E-state index in [0.717, 1.165) is 0 Å². The van der Waals surface area contributed by atoms with Crippen LogP contribution in [0.5, 0.6) is 11.5 Å². The van der Waals surface area contributed by atoms with Crippen molar-refractivity contribution in [2.45, 2.75) is 0 Å². The van der Waals surface area contributed by atoms with E-state index in [1.165, 1.54) is 6.07 Å². The van der Waals surface area contributed by atoms with Crippen LogP contribution in [0.4, 0.5) is 0 Å².